The molecule has 1 aliphatic carbocycles. The molecule has 8 nitrogen and oxygen atoms in total. The summed E-state index contributed by atoms with van der Waals surface area (Å²) in [5.74, 6) is 0.00480. The molecular weight excluding hydrogens is 502 g/mol. The number of likely N-dealkylation sites (N-methyl/N-ethyl adjacent to an activating group) is 1. The number of nitrogens with one attached hydrogen (secondary N) is 1. The number of amides is 2. The second-order valence-corrected chi connectivity index (χ2v) is 11.5. The van der Waals surface area contributed by atoms with E-state index in [2.05, 4.69) is 5.32 Å². The van der Waals surface area contributed by atoms with Gasteiger partial charge in [-0.15, -0.1) is 0 Å². The zero-order chi connectivity index (χ0) is 26.3. The molecule has 2 aromatic carbocycles. The molecule has 0 aromatic heterocycles. The molecule has 0 bridgehead atoms. The van der Waals surface area contributed by atoms with Gasteiger partial charge < -0.3 is 15.0 Å². The number of sulfonamides is 1. The highest BCUT2D eigenvalue weighted by atomic mass is 35.5. The summed E-state index contributed by atoms with van der Waals surface area (Å²) in [6.45, 7) is 1.60. The smallest absolute Gasteiger partial charge is 0.243 e. The summed E-state index contributed by atoms with van der Waals surface area (Å²) in [5.41, 5.74) is 0.805. The number of halogens is 1. The van der Waals surface area contributed by atoms with Crippen molar-refractivity contribution >= 4 is 33.4 Å². The van der Waals surface area contributed by atoms with Gasteiger partial charge in [0.2, 0.25) is 21.8 Å². The summed E-state index contributed by atoms with van der Waals surface area (Å²) in [7, 11) is -1.00. The van der Waals surface area contributed by atoms with Crippen LogP contribution in [0.3, 0.4) is 0 Å². The highest BCUT2D eigenvalue weighted by Gasteiger charge is 2.33. The molecule has 1 aliphatic rings. The Labute approximate surface area is 218 Å². The third kappa shape index (κ3) is 6.99. The Hall–Kier alpha value is -2.62. The van der Waals surface area contributed by atoms with Gasteiger partial charge in [0.1, 0.15) is 11.8 Å². The number of benzene rings is 2. The SMILES string of the molecule is CC[C@H](C(=O)NC1CCCC1)N(Cc1ccc(OC)cc1)C(=O)CN(C)S(=O)(=O)c1ccc(Cl)cc1. The monoisotopic (exact) mass is 535 g/mol. The molecular formula is C26H34ClN3O5S. The van der Waals surface area contributed by atoms with Crippen LogP contribution in [-0.2, 0) is 26.2 Å². The Bertz CT molecular complexity index is 1130. The molecule has 1 saturated carbocycles. The Morgan fingerprint density at radius 1 is 1.08 bits per heavy atom. The van der Waals surface area contributed by atoms with Crippen molar-refractivity contribution in [3.8, 4) is 5.75 Å². The van der Waals surface area contributed by atoms with Crippen molar-refractivity contribution in [3.05, 3.63) is 59.1 Å². The largest absolute Gasteiger partial charge is 0.497 e. The standard InChI is InChI=1S/C26H34ClN3O5S/c1-4-24(26(32)28-21-7-5-6-8-21)30(17-19-9-13-22(35-3)14-10-19)25(31)18-29(2)36(33,34)23-15-11-20(27)12-16-23/h9-16,21,24H,4-8,17-18H2,1-3H3,(H,28,32)/t24-/m1/s1. The van der Waals surface area contributed by atoms with E-state index in [4.69, 9.17) is 16.3 Å². The maximum atomic E-state index is 13.5. The van der Waals surface area contributed by atoms with E-state index in [0.717, 1.165) is 35.6 Å². The lowest BCUT2D eigenvalue weighted by atomic mass is 10.1. The molecule has 0 radical (unpaired) electrons. The predicted octanol–water partition coefficient (Wildman–Crippen LogP) is 3.84. The van der Waals surface area contributed by atoms with Crippen molar-refractivity contribution in [2.75, 3.05) is 20.7 Å². The van der Waals surface area contributed by atoms with E-state index in [1.54, 1.807) is 19.2 Å². The minimum absolute atomic E-state index is 0.0370. The molecule has 0 heterocycles. The molecule has 2 aromatic rings. The van der Waals surface area contributed by atoms with Gasteiger partial charge in [-0.05, 0) is 61.2 Å². The van der Waals surface area contributed by atoms with Gasteiger partial charge >= 0.3 is 0 Å². The summed E-state index contributed by atoms with van der Waals surface area (Å²) in [5, 5.41) is 3.50. The molecule has 1 atom stereocenters. The molecule has 0 spiro atoms. The highest BCUT2D eigenvalue weighted by molar-refractivity contribution is 7.89. The number of ether oxygens (including phenoxy) is 1. The number of methoxy groups -OCH3 is 1. The Morgan fingerprint density at radius 2 is 1.69 bits per heavy atom. The molecule has 1 N–H and O–H groups in total. The van der Waals surface area contributed by atoms with E-state index < -0.39 is 28.5 Å². The minimum atomic E-state index is -3.93. The summed E-state index contributed by atoms with van der Waals surface area (Å²) in [4.78, 5) is 28.3. The fourth-order valence-electron chi connectivity index (χ4n) is 4.37. The van der Waals surface area contributed by atoms with Gasteiger partial charge in [-0.1, -0.05) is 43.5 Å². The van der Waals surface area contributed by atoms with Crippen molar-refractivity contribution in [1.29, 1.82) is 0 Å². The van der Waals surface area contributed by atoms with Crippen LogP contribution in [0.1, 0.15) is 44.6 Å². The van der Waals surface area contributed by atoms with Gasteiger partial charge in [0, 0.05) is 24.7 Å². The Morgan fingerprint density at radius 3 is 2.25 bits per heavy atom. The van der Waals surface area contributed by atoms with E-state index in [-0.39, 0.29) is 23.4 Å². The van der Waals surface area contributed by atoms with E-state index in [1.807, 2.05) is 19.1 Å². The lowest BCUT2D eigenvalue weighted by Crippen LogP contribution is -2.53. The first-order chi connectivity index (χ1) is 17.1. The third-order valence-electron chi connectivity index (χ3n) is 6.48. The van der Waals surface area contributed by atoms with Gasteiger partial charge in [-0.3, -0.25) is 9.59 Å². The van der Waals surface area contributed by atoms with Crippen LogP contribution in [0, 0.1) is 0 Å². The average molecular weight is 536 g/mol. The molecule has 0 aliphatic heterocycles. The van der Waals surface area contributed by atoms with Crippen LogP contribution in [-0.4, -0.2) is 62.2 Å². The molecule has 1 fully saturated rings. The van der Waals surface area contributed by atoms with Crippen LogP contribution >= 0.6 is 11.6 Å². The van der Waals surface area contributed by atoms with Gasteiger partial charge in [-0.2, -0.15) is 4.31 Å². The molecule has 10 heteroatoms. The van der Waals surface area contributed by atoms with Crippen molar-refractivity contribution < 1.29 is 22.7 Å². The second kappa shape index (κ2) is 12.6. The first-order valence-electron chi connectivity index (χ1n) is 12.1. The number of nitrogens with zero attached hydrogens (tertiary/aromatic N) is 2. The van der Waals surface area contributed by atoms with Crippen LogP contribution in [0.2, 0.25) is 5.02 Å². The molecule has 3 rings (SSSR count). The van der Waals surface area contributed by atoms with Crippen LogP contribution in [0.5, 0.6) is 5.75 Å². The quantitative estimate of drug-likeness (QED) is 0.471. The first kappa shape index (κ1) is 28.0. The zero-order valence-corrected chi connectivity index (χ0v) is 22.5. The first-order valence-corrected chi connectivity index (χ1v) is 13.9. The lowest BCUT2D eigenvalue weighted by Gasteiger charge is -2.32. The average Bonchev–Trinajstić information content (AvgIpc) is 3.37. The van der Waals surface area contributed by atoms with E-state index in [0.29, 0.717) is 17.2 Å². The maximum absolute atomic E-state index is 13.5. The fourth-order valence-corrected chi connectivity index (χ4v) is 5.61. The molecule has 36 heavy (non-hydrogen) atoms. The zero-order valence-electron chi connectivity index (χ0n) is 20.9. The molecule has 0 unspecified atom stereocenters. The molecule has 196 valence electrons. The van der Waals surface area contributed by atoms with Gasteiger partial charge in [0.15, 0.2) is 0 Å². The van der Waals surface area contributed by atoms with Crippen molar-refractivity contribution in [1.82, 2.24) is 14.5 Å². The molecule has 2 amide bonds. The van der Waals surface area contributed by atoms with Gasteiger partial charge in [0.25, 0.3) is 0 Å². The number of hydrogen-bond donors (Lipinski definition) is 1. The minimum Gasteiger partial charge on any atom is -0.497 e. The number of carbonyl (C=O) groups excluding carboxylic acids is 2. The van der Waals surface area contributed by atoms with E-state index in [1.165, 1.54) is 36.2 Å². The van der Waals surface area contributed by atoms with Crippen LogP contribution in [0.15, 0.2) is 53.4 Å². The second-order valence-electron chi connectivity index (χ2n) is 9.00. The third-order valence-corrected chi connectivity index (χ3v) is 8.55. The topological polar surface area (TPSA) is 96.0 Å². The molecule has 0 saturated heterocycles. The number of rotatable bonds is 11. The summed E-state index contributed by atoms with van der Waals surface area (Å²) in [6, 6.07) is 12.4. The number of hydrogen-bond acceptors (Lipinski definition) is 5. The van der Waals surface area contributed by atoms with Crippen LogP contribution in [0.4, 0.5) is 0 Å². The van der Waals surface area contributed by atoms with E-state index >= 15 is 0 Å². The van der Waals surface area contributed by atoms with Crippen molar-refractivity contribution in [2.24, 2.45) is 0 Å². The van der Waals surface area contributed by atoms with Crippen molar-refractivity contribution in [2.45, 2.75) is 62.6 Å². The van der Waals surface area contributed by atoms with Gasteiger partial charge in [0.05, 0.1) is 18.6 Å². The Balaban J connectivity index is 1.83. The van der Waals surface area contributed by atoms with Crippen LogP contribution < -0.4 is 10.1 Å². The van der Waals surface area contributed by atoms with Gasteiger partial charge in [-0.25, -0.2) is 8.42 Å². The summed E-state index contributed by atoms with van der Waals surface area (Å²) >= 11 is 5.89. The van der Waals surface area contributed by atoms with E-state index in [9.17, 15) is 18.0 Å². The summed E-state index contributed by atoms with van der Waals surface area (Å²) < 4.78 is 32.3. The lowest BCUT2D eigenvalue weighted by molar-refractivity contribution is -0.141. The maximum Gasteiger partial charge on any atom is 0.243 e. The summed E-state index contributed by atoms with van der Waals surface area (Å²) in [6.07, 6.45) is 4.40. The Kier molecular flexibility index (Phi) is 9.76. The highest BCUT2D eigenvalue weighted by Crippen LogP contribution is 2.21. The fraction of sp³-hybridized carbons (Fsp3) is 0.462. The van der Waals surface area contributed by atoms with Crippen molar-refractivity contribution in [3.63, 3.8) is 0 Å². The number of carbonyl (C=O) groups is 2. The van der Waals surface area contributed by atoms with Crippen LogP contribution in [0.25, 0.3) is 0 Å². The predicted molar refractivity (Wildman–Crippen MR) is 139 cm³/mol. The normalized spacial score (nSPS) is 15.0.